The third-order valence-corrected chi connectivity index (χ3v) is 32.0. The van der Waals surface area contributed by atoms with E-state index in [1.807, 2.05) is 0 Å². The molecule has 12 nitrogen and oxygen atoms in total. The smallest absolute Gasteiger partial charge is 0.298 e. The van der Waals surface area contributed by atoms with Crippen molar-refractivity contribution in [2.45, 2.75) is 87.4 Å². The van der Waals surface area contributed by atoms with Gasteiger partial charge in [0.05, 0.1) is 0 Å². The number of nitrogens with zero attached hydrogens (tertiary/aromatic N) is 2. The van der Waals surface area contributed by atoms with Crippen molar-refractivity contribution in [2.24, 2.45) is 0 Å². The molecule has 6 atom stereocenters. The van der Waals surface area contributed by atoms with Crippen LogP contribution < -0.4 is 11.3 Å². The molecule has 2 aliphatic heterocycles. The molecule has 0 aromatic carbocycles. The fourth-order valence-electron chi connectivity index (χ4n) is 5.32. The van der Waals surface area contributed by atoms with Crippen LogP contribution in [0.15, 0.2) is 0 Å². The predicted molar refractivity (Wildman–Crippen MR) is 118 cm³/mol. The zero-order chi connectivity index (χ0) is 23.7. The largest absolute Gasteiger partial charge is 1.00 e. The van der Waals surface area contributed by atoms with Crippen LogP contribution in [-0.4, -0.2) is 74.1 Å². The molecule has 2 unspecified atom stereocenters. The summed E-state index contributed by atoms with van der Waals surface area (Å²) in [7, 11) is -8.77. The molecule has 2 aliphatic rings. The Hall–Kier alpha value is 0.388. The molecule has 8 N–H and O–H groups in total. The van der Waals surface area contributed by atoms with E-state index in [2.05, 4.69) is 40.0 Å². The van der Waals surface area contributed by atoms with Gasteiger partial charge in [-0.3, -0.25) is 40.3 Å². The lowest BCUT2D eigenvalue weighted by atomic mass is 10.3. The lowest BCUT2D eigenvalue weighted by molar-refractivity contribution is -0.267. The minimum Gasteiger partial charge on any atom is -0.298 e. The normalized spacial score (nSPS) is 40.0. The summed E-state index contributed by atoms with van der Waals surface area (Å²) in [6, 6.07) is 0. The summed E-state index contributed by atoms with van der Waals surface area (Å²) >= 11 is 0. The summed E-state index contributed by atoms with van der Waals surface area (Å²) < 4.78 is 9.71. The Morgan fingerprint density at radius 1 is 0.667 bits per heavy atom. The first-order valence-corrected chi connectivity index (χ1v) is 20.9. The highest BCUT2D eigenvalue weighted by Crippen LogP contribution is 2.54. The monoisotopic (exact) mass is 505 g/mol. The van der Waals surface area contributed by atoms with Crippen LogP contribution in [0.4, 0.5) is 0 Å². The van der Waals surface area contributed by atoms with Crippen LogP contribution >= 0.6 is 0 Å². The fraction of sp³-hybridized carbons (Fsp3) is 1.00. The van der Waals surface area contributed by atoms with Crippen molar-refractivity contribution in [3.63, 3.8) is 0 Å². The molecule has 30 heavy (non-hydrogen) atoms. The van der Waals surface area contributed by atoms with Gasteiger partial charge in [-0.05, 0) is 22.2 Å². The lowest BCUT2D eigenvalue weighted by Gasteiger charge is -2.32. The second-order valence-corrected chi connectivity index (χ2v) is 29.2. The van der Waals surface area contributed by atoms with Gasteiger partial charge in [-0.25, -0.2) is 0 Å². The molecule has 0 bridgehead atoms. The van der Waals surface area contributed by atoms with Crippen LogP contribution in [0.1, 0.15) is 29.1 Å². The number of nitrogens with one attached hydrogen (secondary N) is 2. The molecule has 2 rings (SSSR count). The van der Waals surface area contributed by atoms with Gasteiger partial charge in [0.15, 0.2) is 0 Å². The van der Waals surface area contributed by atoms with Gasteiger partial charge in [0.2, 0.25) is 0 Å². The van der Waals surface area contributed by atoms with Gasteiger partial charge in [-0.1, -0.05) is 80.6 Å². The van der Waals surface area contributed by atoms with Crippen LogP contribution in [-0.2, 0) is 9.05 Å². The highest BCUT2D eigenvalue weighted by molar-refractivity contribution is 7.01. The summed E-state index contributed by atoms with van der Waals surface area (Å²) in [6.07, 6.45) is 0. The van der Waals surface area contributed by atoms with Crippen LogP contribution in [0, 0.1) is 0 Å². The van der Waals surface area contributed by atoms with Crippen molar-refractivity contribution in [1.29, 1.82) is 0 Å². The minimum absolute atomic E-state index is 0. The second kappa shape index (κ2) is 10.1. The molecule has 0 saturated carbocycles. The maximum absolute atomic E-state index is 9.38. The number of rotatable bonds is 6. The first-order chi connectivity index (χ1) is 13.6. The van der Waals surface area contributed by atoms with Crippen molar-refractivity contribution in [3.05, 3.63) is 0 Å². The molecule has 0 radical (unpaired) electrons. The van der Waals surface area contributed by atoms with E-state index in [-0.39, 0.29) is 16.9 Å². The van der Waals surface area contributed by atoms with Crippen LogP contribution in [0.3, 0.4) is 0 Å². The highest BCUT2D eigenvalue weighted by Gasteiger charge is 2.71. The second-order valence-electron chi connectivity index (χ2n) is 10.1. The van der Waals surface area contributed by atoms with Crippen LogP contribution in [0.5, 0.6) is 0 Å². The average molecular weight is 506 g/mol. The Balaban J connectivity index is 0.000000640. The average Bonchev–Trinajstić information content (AvgIpc) is 2.92. The maximum atomic E-state index is 9.38. The first-order valence-electron chi connectivity index (χ1n) is 10.1. The predicted octanol–water partition coefficient (Wildman–Crippen LogP) is 3.03. The lowest BCUT2D eigenvalue weighted by Crippen LogP contribution is -2.61. The van der Waals surface area contributed by atoms with Crippen molar-refractivity contribution in [1.82, 2.24) is 21.1 Å². The van der Waals surface area contributed by atoms with E-state index in [1.54, 1.807) is 19.5 Å². The van der Waals surface area contributed by atoms with E-state index in [0.717, 1.165) is 11.1 Å². The van der Waals surface area contributed by atoms with E-state index in [4.69, 9.17) is 19.5 Å². The molecule has 2 fully saturated rings. The number of hydrogen-bond acceptors (Lipinski definition) is 12. The SMILES string of the molecule is C[C@@H]1[C@H](C)[Si](C)(C)C[Si]1(C)C.C[C@@H]1[C@H](C)[Si](ONO)(N(O)O)C[Si]1(ONO)N(O)O.[H+]. The third kappa shape index (κ3) is 5.14. The molecule has 180 valence electrons. The van der Waals surface area contributed by atoms with E-state index in [0.29, 0.717) is 0 Å². The van der Waals surface area contributed by atoms with Gasteiger partial charge in [0.1, 0.15) is 0 Å². The van der Waals surface area contributed by atoms with Gasteiger partial charge in [0, 0.05) is 21.8 Å². The Bertz CT molecular complexity index is 538. The van der Waals surface area contributed by atoms with Gasteiger partial charge in [-0.15, -0.1) is 0 Å². The van der Waals surface area contributed by atoms with Gasteiger partial charge >= 0.3 is 18.4 Å². The summed E-state index contributed by atoms with van der Waals surface area (Å²) in [6.45, 7) is 18.5. The Labute approximate surface area is 183 Å². The van der Waals surface area contributed by atoms with Crippen LogP contribution in [0.25, 0.3) is 0 Å². The summed E-state index contributed by atoms with van der Waals surface area (Å²) in [4.78, 5) is -0.313. The topological polar surface area (TPSA) is 170 Å². The van der Waals surface area contributed by atoms with E-state index in [1.165, 1.54) is 11.3 Å². The van der Waals surface area contributed by atoms with E-state index >= 15 is 0 Å². The molecule has 0 aromatic rings. The summed E-state index contributed by atoms with van der Waals surface area (Å²) in [5.41, 5.74) is 5.16. The van der Waals surface area contributed by atoms with Crippen molar-refractivity contribution >= 4 is 33.1 Å². The van der Waals surface area contributed by atoms with Crippen LogP contribution in [0.2, 0.25) is 59.7 Å². The molecule has 0 aromatic heterocycles. The standard InChI is InChI=1S/C9H22Si2.C5H18N4O8Si2/c1-8-9(2)11(5,6)7-10(8,3)4;1-4-5(2)19(9(14)15,17-7-11)3-18(4,8(12)13)16-6-10/h8-9H,7H2,1-6H3;4-7,10-15H,3H2,1-2H3/p+1/t8-,9+;4-,5+,18?,19?. The molecule has 2 heterocycles. The third-order valence-electron chi connectivity index (χ3n) is 7.93. The zero-order valence-electron chi connectivity index (χ0n) is 20.1. The molecule has 16 heteroatoms. The summed E-state index contributed by atoms with van der Waals surface area (Å²) in [5.74, 6) is 0. The maximum Gasteiger partial charge on any atom is 1.00 e. The molecule has 0 aliphatic carbocycles. The number of hydrogen-bond donors (Lipinski definition) is 8. The Morgan fingerprint density at radius 2 is 0.967 bits per heavy atom. The zero-order valence-corrected chi connectivity index (χ0v) is 23.1. The van der Waals surface area contributed by atoms with Crippen molar-refractivity contribution < 1.29 is 41.7 Å². The molecular weight excluding hydrogens is 465 g/mol. The fourth-order valence-corrected chi connectivity index (χ4v) is 34.6. The van der Waals surface area contributed by atoms with E-state index < -0.39 is 44.2 Å². The van der Waals surface area contributed by atoms with Gasteiger partial charge in [-0.2, -0.15) is 0 Å². The Kier molecular flexibility index (Phi) is 9.58. The molecule has 2 saturated heterocycles. The van der Waals surface area contributed by atoms with E-state index in [9.17, 15) is 20.8 Å². The first kappa shape index (κ1) is 28.4. The van der Waals surface area contributed by atoms with Gasteiger partial charge < -0.3 is 0 Å². The Morgan fingerprint density at radius 3 is 1.13 bits per heavy atom. The highest BCUT2D eigenvalue weighted by atomic mass is 28.4. The molecule has 0 amide bonds. The quantitative estimate of drug-likeness (QED) is 0.196. The van der Waals surface area contributed by atoms with Gasteiger partial charge in [0.25, 0.3) is 0 Å². The van der Waals surface area contributed by atoms with Crippen molar-refractivity contribution in [3.8, 4) is 0 Å². The molecule has 0 spiro atoms. The minimum atomic E-state index is -3.60. The van der Waals surface area contributed by atoms with Crippen molar-refractivity contribution in [2.75, 3.05) is 0 Å². The molecular formula is C14H41N4O8Si4+. The summed E-state index contributed by atoms with van der Waals surface area (Å²) in [5, 5.41) is 54.9.